The third-order valence-corrected chi connectivity index (χ3v) is 5.84. The molecular weight excluding hydrogens is 459 g/mol. The minimum atomic E-state index is -0.514. The molecule has 0 spiro atoms. The quantitative estimate of drug-likeness (QED) is 0.360. The number of hydrogen-bond acceptors (Lipinski definition) is 7. The molecule has 2 heterocycles. The van der Waals surface area contributed by atoms with Crippen LogP contribution in [0, 0.1) is 12.7 Å². The molecule has 1 aromatic carbocycles. The van der Waals surface area contributed by atoms with E-state index in [9.17, 15) is 4.79 Å². The highest BCUT2D eigenvalue weighted by atomic mass is 35.5. The molecule has 11 heteroatoms. The summed E-state index contributed by atoms with van der Waals surface area (Å²) in [5, 5.41) is 3.08. The number of hydrogen-bond donors (Lipinski definition) is 4. The van der Waals surface area contributed by atoms with E-state index in [1.807, 2.05) is 6.92 Å². The van der Waals surface area contributed by atoms with E-state index in [-0.39, 0.29) is 40.1 Å². The van der Waals surface area contributed by atoms with Crippen molar-refractivity contribution in [3.05, 3.63) is 52.1 Å². The summed E-state index contributed by atoms with van der Waals surface area (Å²) in [7, 11) is 0. The number of aromatic nitrogens is 2. The van der Waals surface area contributed by atoms with Gasteiger partial charge in [-0.1, -0.05) is 11.6 Å². The first-order valence-electron chi connectivity index (χ1n) is 11.0. The number of aliphatic imine (C=N–C) groups is 1. The Labute approximate surface area is 203 Å². The van der Waals surface area contributed by atoms with Crippen molar-refractivity contribution in [2.24, 2.45) is 22.2 Å². The highest BCUT2D eigenvalue weighted by Crippen LogP contribution is 2.34. The Morgan fingerprint density at radius 2 is 2.03 bits per heavy atom. The van der Waals surface area contributed by atoms with Crippen LogP contribution < -0.4 is 22.5 Å². The lowest BCUT2D eigenvalue weighted by atomic mass is 9.86. The maximum atomic E-state index is 15.0. The average Bonchev–Trinajstić information content (AvgIpc) is 2.77. The summed E-state index contributed by atoms with van der Waals surface area (Å²) in [5.41, 5.74) is 19.7. The van der Waals surface area contributed by atoms with Gasteiger partial charge in [0.25, 0.3) is 0 Å². The number of carbonyl (C=O) groups is 1. The fraction of sp³-hybridized carbons (Fsp3) is 0.391. The number of nitrogens with zero attached hydrogens (tertiary/aromatic N) is 4. The molecule has 9 nitrogen and oxygen atoms in total. The molecule has 0 bridgehead atoms. The molecule has 1 aliphatic heterocycles. The van der Waals surface area contributed by atoms with E-state index < -0.39 is 11.9 Å². The van der Waals surface area contributed by atoms with E-state index in [0.717, 1.165) is 24.0 Å². The van der Waals surface area contributed by atoms with Crippen molar-refractivity contribution in [3.8, 4) is 0 Å². The van der Waals surface area contributed by atoms with Crippen molar-refractivity contribution in [2.75, 3.05) is 18.4 Å². The number of likely N-dealkylation sites (tertiary alicyclic amines) is 1. The zero-order valence-corrected chi connectivity index (χ0v) is 20.2. The molecule has 0 radical (unpaired) electrons. The molecule has 2 aromatic rings. The van der Waals surface area contributed by atoms with Crippen molar-refractivity contribution in [2.45, 2.75) is 45.6 Å². The van der Waals surface area contributed by atoms with Gasteiger partial charge >= 0.3 is 0 Å². The summed E-state index contributed by atoms with van der Waals surface area (Å²) in [6, 6.07) is 2.74. The van der Waals surface area contributed by atoms with Gasteiger partial charge in [0.2, 0.25) is 11.9 Å². The van der Waals surface area contributed by atoms with Crippen LogP contribution in [0.15, 0.2) is 35.1 Å². The molecule has 1 unspecified atom stereocenters. The number of nitrogens with one attached hydrogen (secondary N) is 1. The first-order valence-corrected chi connectivity index (χ1v) is 11.3. The van der Waals surface area contributed by atoms with Gasteiger partial charge in [-0.25, -0.2) is 14.4 Å². The highest BCUT2D eigenvalue weighted by molar-refractivity contribution is 6.32. The molecule has 3 rings (SSSR count). The Morgan fingerprint density at radius 1 is 1.35 bits per heavy atom. The van der Waals surface area contributed by atoms with Gasteiger partial charge in [-0.05, 0) is 68.9 Å². The Morgan fingerprint density at radius 3 is 2.65 bits per heavy atom. The van der Waals surface area contributed by atoms with E-state index in [1.54, 1.807) is 24.8 Å². The molecule has 1 aliphatic rings. The van der Waals surface area contributed by atoms with Crippen LogP contribution in [0.4, 0.5) is 21.8 Å². The Kier molecular flexibility index (Phi) is 8.06. The Bertz CT molecular complexity index is 1120. The third kappa shape index (κ3) is 6.21. The molecule has 1 aromatic heterocycles. The van der Waals surface area contributed by atoms with Crippen LogP contribution in [0.3, 0.4) is 0 Å². The number of nitrogens with two attached hydrogens (primary N) is 3. The van der Waals surface area contributed by atoms with Crippen LogP contribution in [-0.2, 0) is 4.79 Å². The van der Waals surface area contributed by atoms with Crippen LogP contribution in [0.2, 0.25) is 5.02 Å². The minimum absolute atomic E-state index is 0.0523. The first-order chi connectivity index (χ1) is 16.0. The van der Waals surface area contributed by atoms with Gasteiger partial charge in [-0.15, -0.1) is 0 Å². The summed E-state index contributed by atoms with van der Waals surface area (Å²) >= 11 is 6.12. The molecule has 34 heavy (non-hydrogen) atoms. The second kappa shape index (κ2) is 10.8. The molecule has 1 saturated heterocycles. The highest BCUT2D eigenvalue weighted by Gasteiger charge is 2.26. The van der Waals surface area contributed by atoms with Crippen LogP contribution in [-0.4, -0.2) is 45.7 Å². The average molecular weight is 489 g/mol. The standard InChI is InChI=1S/C23H30ClFN8O/c1-12-8-19(30-23-29-11-17(24)21(32-23)31-20(28)9-13(2)26)18(25)10-16(12)15-4-6-33(7-5-15)22(34)14(3)27/h8-11,14-15H,4-7,26-27H2,1-3H3,(H3,28,29,30,31,32)/b13-9-. The number of rotatable bonds is 6. The fourth-order valence-corrected chi connectivity index (χ4v) is 4.07. The first kappa shape index (κ1) is 25.4. The molecule has 182 valence electrons. The lowest BCUT2D eigenvalue weighted by Crippen LogP contribution is -2.45. The molecule has 1 amide bonds. The zero-order chi connectivity index (χ0) is 25.0. The number of piperidine rings is 1. The number of aryl methyl sites for hydroxylation is 1. The van der Waals surface area contributed by atoms with Crippen molar-refractivity contribution in [1.29, 1.82) is 0 Å². The molecule has 1 fully saturated rings. The maximum absolute atomic E-state index is 15.0. The van der Waals surface area contributed by atoms with Gasteiger partial charge in [-0.2, -0.15) is 4.98 Å². The zero-order valence-electron chi connectivity index (χ0n) is 19.5. The van der Waals surface area contributed by atoms with E-state index in [0.29, 0.717) is 18.8 Å². The predicted octanol–water partition coefficient (Wildman–Crippen LogP) is 3.23. The van der Waals surface area contributed by atoms with Gasteiger partial charge in [-0.3, -0.25) is 4.79 Å². The number of halogens is 2. The summed E-state index contributed by atoms with van der Waals surface area (Å²) < 4.78 is 15.0. The van der Waals surface area contributed by atoms with Crippen molar-refractivity contribution < 1.29 is 9.18 Å². The van der Waals surface area contributed by atoms with Gasteiger partial charge in [0.05, 0.1) is 17.9 Å². The minimum Gasteiger partial charge on any atom is -0.402 e. The van der Waals surface area contributed by atoms with Crippen molar-refractivity contribution >= 4 is 40.8 Å². The summed E-state index contributed by atoms with van der Waals surface area (Å²) in [6.07, 6.45) is 4.35. The second-order valence-corrected chi connectivity index (χ2v) is 8.90. The van der Waals surface area contributed by atoms with E-state index in [2.05, 4.69) is 20.3 Å². The smallest absolute Gasteiger partial charge is 0.239 e. The van der Waals surface area contributed by atoms with Crippen molar-refractivity contribution in [3.63, 3.8) is 0 Å². The second-order valence-electron chi connectivity index (χ2n) is 8.49. The van der Waals surface area contributed by atoms with Gasteiger partial charge in [0.1, 0.15) is 16.7 Å². The van der Waals surface area contributed by atoms with E-state index in [1.165, 1.54) is 18.3 Å². The Hall–Kier alpha value is -3.24. The van der Waals surface area contributed by atoms with Gasteiger partial charge in [0.15, 0.2) is 5.82 Å². The normalized spacial score (nSPS) is 16.5. The summed E-state index contributed by atoms with van der Waals surface area (Å²) in [6.45, 7) is 6.51. The lowest BCUT2D eigenvalue weighted by Gasteiger charge is -2.34. The molecule has 1 atom stereocenters. The topological polar surface area (TPSA) is 149 Å². The fourth-order valence-electron chi connectivity index (χ4n) is 3.94. The molecule has 0 aliphatic carbocycles. The number of benzene rings is 1. The molecule has 7 N–H and O–H groups in total. The van der Waals surface area contributed by atoms with Crippen LogP contribution in [0.1, 0.15) is 43.7 Å². The van der Waals surface area contributed by atoms with Crippen molar-refractivity contribution in [1.82, 2.24) is 14.9 Å². The predicted molar refractivity (Wildman–Crippen MR) is 133 cm³/mol. The largest absolute Gasteiger partial charge is 0.402 e. The number of amides is 1. The molecule has 0 saturated carbocycles. The number of allylic oxidation sites excluding steroid dienone is 1. The van der Waals surface area contributed by atoms with E-state index >= 15 is 4.39 Å². The number of carbonyl (C=O) groups excluding carboxylic acids is 1. The number of anilines is 2. The van der Waals surface area contributed by atoms with Crippen LogP contribution in [0.25, 0.3) is 0 Å². The van der Waals surface area contributed by atoms with Gasteiger partial charge in [0, 0.05) is 18.8 Å². The third-order valence-electron chi connectivity index (χ3n) is 5.57. The maximum Gasteiger partial charge on any atom is 0.239 e. The lowest BCUT2D eigenvalue weighted by molar-refractivity contribution is -0.133. The summed E-state index contributed by atoms with van der Waals surface area (Å²) in [4.78, 5) is 26.4. The summed E-state index contributed by atoms with van der Waals surface area (Å²) in [5.74, 6) is 0.0687. The van der Waals surface area contributed by atoms with E-state index in [4.69, 9.17) is 28.8 Å². The number of amidine groups is 1. The monoisotopic (exact) mass is 488 g/mol. The van der Waals surface area contributed by atoms with Gasteiger partial charge < -0.3 is 27.4 Å². The van der Waals surface area contributed by atoms with Crippen LogP contribution in [0.5, 0.6) is 0 Å². The molecular formula is C23H30ClFN8O. The van der Waals surface area contributed by atoms with Crippen LogP contribution >= 0.6 is 11.6 Å². The Balaban J connectivity index is 1.77. The SMILES string of the molecule is C/C(N)=C/C(N)=Nc1nc(Nc2cc(C)c(C3CCN(C(=O)C(C)N)CC3)cc2F)ncc1Cl.